The summed E-state index contributed by atoms with van der Waals surface area (Å²) in [5, 5.41) is 0. The van der Waals surface area contributed by atoms with Gasteiger partial charge in [0.2, 0.25) is 0 Å². The molecule has 0 spiro atoms. The summed E-state index contributed by atoms with van der Waals surface area (Å²) in [5.41, 5.74) is 7.82. The maximum absolute atomic E-state index is 11.3. The first kappa shape index (κ1) is 13.7. The fraction of sp³-hybridized carbons (Fsp3) is 0.462. The molecule has 17 heavy (non-hydrogen) atoms. The molecule has 1 atom stereocenters. The Morgan fingerprint density at radius 3 is 2.76 bits per heavy atom. The van der Waals surface area contributed by atoms with E-state index in [-0.39, 0.29) is 11.9 Å². The van der Waals surface area contributed by atoms with Crippen molar-refractivity contribution in [2.75, 3.05) is 20.8 Å². The summed E-state index contributed by atoms with van der Waals surface area (Å²) in [6.07, 6.45) is 0.309. The normalized spacial score (nSPS) is 12.2. The highest BCUT2D eigenvalue weighted by molar-refractivity contribution is 5.70. The Kier molecular flexibility index (Phi) is 5.66. The molecule has 0 aliphatic heterocycles. The molecule has 0 heterocycles. The Balaban J connectivity index is 2.80. The zero-order valence-corrected chi connectivity index (χ0v) is 10.3. The Bertz CT molecular complexity index is 365. The topological polar surface area (TPSA) is 61.5 Å². The number of methoxy groups -OCH3 is 2. The van der Waals surface area contributed by atoms with E-state index in [2.05, 4.69) is 4.74 Å². The number of esters is 1. The van der Waals surface area contributed by atoms with E-state index in [1.807, 2.05) is 24.3 Å². The van der Waals surface area contributed by atoms with Crippen LogP contribution in [0.3, 0.4) is 0 Å². The molecule has 1 aromatic rings. The molecule has 2 N–H and O–H groups in total. The third-order valence-electron chi connectivity index (χ3n) is 2.66. The second-order valence-electron chi connectivity index (χ2n) is 3.89. The number of carbonyl (C=O) groups is 1. The van der Waals surface area contributed by atoms with Crippen LogP contribution in [0.4, 0.5) is 0 Å². The number of benzene rings is 1. The molecule has 0 saturated carbocycles. The van der Waals surface area contributed by atoms with E-state index in [4.69, 9.17) is 10.5 Å². The first-order valence-corrected chi connectivity index (χ1v) is 5.56. The summed E-state index contributed by atoms with van der Waals surface area (Å²) < 4.78 is 9.74. The quantitative estimate of drug-likeness (QED) is 0.760. The number of hydrogen-bond acceptors (Lipinski definition) is 4. The van der Waals surface area contributed by atoms with E-state index < -0.39 is 0 Å². The van der Waals surface area contributed by atoms with Crippen LogP contribution in [0.1, 0.15) is 23.5 Å². The molecule has 94 valence electrons. The molecule has 0 saturated heterocycles. The number of carbonyl (C=O) groups excluding carboxylic acids is 1. The van der Waals surface area contributed by atoms with Crippen LogP contribution in [0, 0.1) is 0 Å². The van der Waals surface area contributed by atoms with Crippen LogP contribution in [-0.4, -0.2) is 26.7 Å². The predicted octanol–water partition coefficient (Wildman–Crippen LogP) is 1.44. The first-order valence-electron chi connectivity index (χ1n) is 5.56. The van der Waals surface area contributed by atoms with Gasteiger partial charge in [-0.3, -0.25) is 4.79 Å². The SMILES string of the molecule is COCc1cccc(C(CN)CC(=O)OC)c1. The zero-order valence-electron chi connectivity index (χ0n) is 10.3. The maximum Gasteiger partial charge on any atom is 0.306 e. The molecule has 4 heteroatoms. The van der Waals surface area contributed by atoms with Crippen LogP contribution >= 0.6 is 0 Å². The van der Waals surface area contributed by atoms with Gasteiger partial charge in [0.1, 0.15) is 0 Å². The molecule has 1 aromatic carbocycles. The van der Waals surface area contributed by atoms with Crippen molar-refractivity contribution >= 4 is 5.97 Å². The minimum Gasteiger partial charge on any atom is -0.469 e. The summed E-state index contributed by atoms with van der Waals surface area (Å²) in [5.74, 6) is -0.239. The minimum absolute atomic E-state index is 0.000689. The summed E-state index contributed by atoms with van der Waals surface area (Å²) in [6.45, 7) is 0.981. The van der Waals surface area contributed by atoms with Gasteiger partial charge in [0.15, 0.2) is 0 Å². The van der Waals surface area contributed by atoms with Crippen molar-refractivity contribution in [3.8, 4) is 0 Å². The lowest BCUT2D eigenvalue weighted by Gasteiger charge is -2.14. The van der Waals surface area contributed by atoms with Gasteiger partial charge >= 0.3 is 5.97 Å². The molecule has 0 radical (unpaired) electrons. The Labute approximate surface area is 102 Å². The largest absolute Gasteiger partial charge is 0.469 e. The van der Waals surface area contributed by atoms with Crippen molar-refractivity contribution in [1.82, 2.24) is 0 Å². The van der Waals surface area contributed by atoms with Crippen molar-refractivity contribution in [1.29, 1.82) is 0 Å². The molecule has 0 aromatic heterocycles. The molecule has 1 rings (SSSR count). The highest BCUT2D eigenvalue weighted by Crippen LogP contribution is 2.20. The van der Waals surface area contributed by atoms with Crippen molar-refractivity contribution in [2.24, 2.45) is 5.73 Å². The van der Waals surface area contributed by atoms with Crippen molar-refractivity contribution < 1.29 is 14.3 Å². The monoisotopic (exact) mass is 237 g/mol. The van der Waals surface area contributed by atoms with Crippen LogP contribution in [0.25, 0.3) is 0 Å². The van der Waals surface area contributed by atoms with Crippen LogP contribution in [-0.2, 0) is 20.9 Å². The summed E-state index contributed by atoms with van der Waals surface area (Å²) in [6, 6.07) is 7.92. The number of hydrogen-bond donors (Lipinski definition) is 1. The average Bonchev–Trinajstić information content (AvgIpc) is 2.36. The van der Waals surface area contributed by atoms with Crippen molar-refractivity contribution in [3.63, 3.8) is 0 Å². The zero-order chi connectivity index (χ0) is 12.7. The van der Waals surface area contributed by atoms with E-state index >= 15 is 0 Å². The van der Waals surface area contributed by atoms with Gasteiger partial charge in [0.25, 0.3) is 0 Å². The lowest BCUT2D eigenvalue weighted by molar-refractivity contribution is -0.141. The lowest BCUT2D eigenvalue weighted by Crippen LogP contribution is -2.17. The summed E-state index contributed by atoms with van der Waals surface area (Å²) in [4.78, 5) is 11.3. The second-order valence-corrected chi connectivity index (χ2v) is 3.89. The Hall–Kier alpha value is -1.39. The van der Waals surface area contributed by atoms with Crippen molar-refractivity contribution in [3.05, 3.63) is 35.4 Å². The van der Waals surface area contributed by atoms with Crippen LogP contribution in [0.15, 0.2) is 24.3 Å². The van der Waals surface area contributed by atoms with Crippen LogP contribution < -0.4 is 5.73 Å². The van der Waals surface area contributed by atoms with Gasteiger partial charge in [-0.2, -0.15) is 0 Å². The lowest BCUT2D eigenvalue weighted by atomic mass is 9.94. The predicted molar refractivity (Wildman–Crippen MR) is 65.6 cm³/mol. The smallest absolute Gasteiger partial charge is 0.306 e. The number of nitrogens with two attached hydrogens (primary N) is 1. The third kappa shape index (κ3) is 4.17. The second kappa shape index (κ2) is 7.04. The number of rotatable bonds is 6. The fourth-order valence-electron chi connectivity index (χ4n) is 1.73. The van der Waals surface area contributed by atoms with E-state index in [1.165, 1.54) is 7.11 Å². The fourth-order valence-corrected chi connectivity index (χ4v) is 1.73. The third-order valence-corrected chi connectivity index (χ3v) is 2.66. The Morgan fingerprint density at radius 2 is 2.18 bits per heavy atom. The van der Waals surface area contributed by atoms with Gasteiger partial charge in [-0.15, -0.1) is 0 Å². The van der Waals surface area contributed by atoms with Crippen molar-refractivity contribution in [2.45, 2.75) is 18.9 Å². The highest BCUT2D eigenvalue weighted by Gasteiger charge is 2.15. The first-order chi connectivity index (χ1) is 8.21. The molecular weight excluding hydrogens is 218 g/mol. The average molecular weight is 237 g/mol. The van der Waals surface area contributed by atoms with E-state index in [0.29, 0.717) is 19.6 Å². The van der Waals surface area contributed by atoms with Crippen LogP contribution in [0.5, 0.6) is 0 Å². The van der Waals surface area contributed by atoms with E-state index in [0.717, 1.165) is 11.1 Å². The molecule has 1 unspecified atom stereocenters. The molecule has 4 nitrogen and oxygen atoms in total. The molecule has 0 aliphatic rings. The highest BCUT2D eigenvalue weighted by atomic mass is 16.5. The minimum atomic E-state index is -0.238. The van der Waals surface area contributed by atoms with E-state index in [9.17, 15) is 4.79 Å². The van der Waals surface area contributed by atoms with Gasteiger partial charge in [-0.25, -0.2) is 0 Å². The van der Waals surface area contributed by atoms with Gasteiger partial charge in [0, 0.05) is 13.0 Å². The van der Waals surface area contributed by atoms with Gasteiger partial charge in [-0.1, -0.05) is 24.3 Å². The number of ether oxygens (including phenoxy) is 2. The van der Waals surface area contributed by atoms with E-state index in [1.54, 1.807) is 7.11 Å². The standard InChI is InChI=1S/C13H19NO3/c1-16-9-10-4-3-5-11(6-10)12(8-14)7-13(15)17-2/h3-6,12H,7-9,14H2,1-2H3. The maximum atomic E-state index is 11.3. The Morgan fingerprint density at radius 1 is 1.41 bits per heavy atom. The molecule has 0 fully saturated rings. The van der Waals surface area contributed by atoms with Gasteiger partial charge < -0.3 is 15.2 Å². The van der Waals surface area contributed by atoms with Gasteiger partial charge in [0.05, 0.1) is 20.1 Å². The summed E-state index contributed by atoms with van der Waals surface area (Å²) in [7, 11) is 3.04. The molecular formula is C13H19NO3. The van der Waals surface area contributed by atoms with Crippen LogP contribution in [0.2, 0.25) is 0 Å². The van der Waals surface area contributed by atoms with Gasteiger partial charge in [-0.05, 0) is 17.7 Å². The molecule has 0 aliphatic carbocycles. The molecule has 0 amide bonds. The molecule has 0 bridgehead atoms. The summed E-state index contributed by atoms with van der Waals surface area (Å²) >= 11 is 0.